The van der Waals surface area contributed by atoms with Crippen LogP contribution in [0.25, 0.3) is 10.8 Å². The second kappa shape index (κ2) is 5.67. The van der Waals surface area contributed by atoms with Crippen LogP contribution in [0.5, 0.6) is 0 Å². The number of carbonyl (C=O) groups is 1. The van der Waals surface area contributed by atoms with Gasteiger partial charge in [0.05, 0.1) is 5.56 Å². The van der Waals surface area contributed by atoms with Crippen molar-refractivity contribution < 1.29 is 9.90 Å². The smallest absolute Gasteiger partial charge is 0.335 e. The number of anilines is 1. The summed E-state index contributed by atoms with van der Waals surface area (Å²) in [5, 5.41) is 14.7. The number of benzene rings is 3. The average molecular weight is 277 g/mol. The van der Waals surface area contributed by atoms with E-state index in [0.717, 1.165) is 5.69 Å². The number of aromatic carboxylic acids is 1. The summed E-state index contributed by atoms with van der Waals surface area (Å²) in [4.78, 5) is 10.8. The van der Waals surface area contributed by atoms with E-state index in [1.165, 1.54) is 16.3 Å². The molecule has 21 heavy (non-hydrogen) atoms. The highest BCUT2D eigenvalue weighted by atomic mass is 16.4. The minimum atomic E-state index is -0.907. The second-order valence-electron chi connectivity index (χ2n) is 4.87. The van der Waals surface area contributed by atoms with Crippen molar-refractivity contribution in [3.05, 3.63) is 77.9 Å². The zero-order chi connectivity index (χ0) is 14.7. The van der Waals surface area contributed by atoms with E-state index in [0.29, 0.717) is 12.1 Å². The molecule has 0 bridgehead atoms. The molecule has 2 N–H and O–H groups in total. The Morgan fingerprint density at radius 3 is 2.38 bits per heavy atom. The lowest BCUT2D eigenvalue weighted by atomic mass is 10.0. The summed E-state index contributed by atoms with van der Waals surface area (Å²) in [5.74, 6) is -0.907. The molecule has 3 aromatic carbocycles. The molecule has 3 nitrogen and oxygen atoms in total. The van der Waals surface area contributed by atoms with Crippen molar-refractivity contribution in [3.63, 3.8) is 0 Å². The van der Waals surface area contributed by atoms with Gasteiger partial charge in [0, 0.05) is 12.2 Å². The summed E-state index contributed by atoms with van der Waals surface area (Å²) in [7, 11) is 0. The number of nitrogens with one attached hydrogen (secondary N) is 1. The molecule has 0 aliphatic carbocycles. The van der Waals surface area contributed by atoms with E-state index in [-0.39, 0.29) is 0 Å². The van der Waals surface area contributed by atoms with E-state index < -0.39 is 5.97 Å². The molecule has 0 aliphatic rings. The van der Waals surface area contributed by atoms with Crippen LogP contribution in [0.4, 0.5) is 5.69 Å². The Balaban J connectivity index is 1.79. The maximum absolute atomic E-state index is 10.8. The van der Waals surface area contributed by atoms with E-state index >= 15 is 0 Å². The first-order valence-electron chi connectivity index (χ1n) is 6.78. The number of carboxylic acids is 1. The average Bonchev–Trinajstić information content (AvgIpc) is 2.53. The first-order chi connectivity index (χ1) is 10.2. The molecule has 0 aliphatic heterocycles. The van der Waals surface area contributed by atoms with Crippen molar-refractivity contribution in [3.8, 4) is 0 Å². The Morgan fingerprint density at radius 2 is 1.62 bits per heavy atom. The lowest BCUT2D eigenvalue weighted by Gasteiger charge is -2.09. The van der Waals surface area contributed by atoms with Gasteiger partial charge in [-0.25, -0.2) is 4.79 Å². The van der Waals surface area contributed by atoms with Crippen molar-refractivity contribution in [2.45, 2.75) is 6.54 Å². The first-order valence-corrected chi connectivity index (χ1v) is 6.78. The van der Waals surface area contributed by atoms with Gasteiger partial charge in [-0.2, -0.15) is 0 Å². The topological polar surface area (TPSA) is 49.3 Å². The van der Waals surface area contributed by atoms with Crippen molar-refractivity contribution in [1.82, 2.24) is 0 Å². The van der Waals surface area contributed by atoms with E-state index in [9.17, 15) is 4.79 Å². The van der Waals surface area contributed by atoms with Gasteiger partial charge in [-0.3, -0.25) is 0 Å². The Kier molecular flexibility index (Phi) is 3.56. The molecular weight excluding hydrogens is 262 g/mol. The predicted molar refractivity (Wildman–Crippen MR) is 84.7 cm³/mol. The Morgan fingerprint density at radius 1 is 0.905 bits per heavy atom. The predicted octanol–water partition coefficient (Wildman–Crippen LogP) is 4.15. The molecule has 3 heteroatoms. The maximum atomic E-state index is 10.8. The Labute approximate surface area is 122 Å². The third-order valence-corrected chi connectivity index (χ3v) is 3.49. The van der Waals surface area contributed by atoms with Crippen LogP contribution in [-0.2, 0) is 6.54 Å². The van der Waals surface area contributed by atoms with E-state index in [1.54, 1.807) is 24.3 Å². The van der Waals surface area contributed by atoms with Gasteiger partial charge in [-0.05, 0) is 40.6 Å². The molecule has 0 amide bonds. The van der Waals surface area contributed by atoms with E-state index in [4.69, 9.17) is 5.11 Å². The van der Waals surface area contributed by atoms with Crippen molar-refractivity contribution in [1.29, 1.82) is 0 Å². The molecule has 0 saturated heterocycles. The normalized spacial score (nSPS) is 10.5. The highest BCUT2D eigenvalue weighted by Gasteiger charge is 2.03. The summed E-state index contributed by atoms with van der Waals surface area (Å²) >= 11 is 0. The summed E-state index contributed by atoms with van der Waals surface area (Å²) in [5.41, 5.74) is 2.43. The SMILES string of the molecule is O=C(O)c1ccc(NCc2cccc3ccccc23)cc1. The zero-order valence-corrected chi connectivity index (χ0v) is 11.4. The fraction of sp³-hybridized carbons (Fsp3) is 0.0556. The molecule has 3 aromatic rings. The van der Waals surface area contributed by atoms with Gasteiger partial charge in [-0.15, -0.1) is 0 Å². The molecule has 0 atom stereocenters. The van der Waals surface area contributed by atoms with Crippen LogP contribution in [0.15, 0.2) is 66.7 Å². The van der Waals surface area contributed by atoms with E-state index in [2.05, 4.69) is 29.6 Å². The Hall–Kier alpha value is -2.81. The minimum absolute atomic E-state index is 0.297. The third kappa shape index (κ3) is 2.87. The third-order valence-electron chi connectivity index (χ3n) is 3.49. The molecule has 0 unspecified atom stereocenters. The number of carboxylic acid groups (broad SMARTS) is 1. The molecule has 104 valence electrons. The van der Waals surface area contributed by atoms with Crippen LogP contribution in [0.3, 0.4) is 0 Å². The maximum Gasteiger partial charge on any atom is 0.335 e. The largest absolute Gasteiger partial charge is 0.478 e. The number of rotatable bonds is 4. The van der Waals surface area contributed by atoms with Gasteiger partial charge >= 0.3 is 5.97 Å². The van der Waals surface area contributed by atoms with E-state index in [1.807, 2.05) is 18.2 Å². The lowest BCUT2D eigenvalue weighted by molar-refractivity contribution is 0.0697. The van der Waals surface area contributed by atoms with Gasteiger partial charge in [0.1, 0.15) is 0 Å². The van der Waals surface area contributed by atoms with Gasteiger partial charge in [0.2, 0.25) is 0 Å². The molecule has 3 rings (SSSR count). The fourth-order valence-corrected chi connectivity index (χ4v) is 2.37. The summed E-state index contributed by atoms with van der Waals surface area (Å²) in [6.07, 6.45) is 0. The van der Waals surface area contributed by atoms with Crippen LogP contribution >= 0.6 is 0 Å². The Bertz CT molecular complexity index is 773. The van der Waals surface area contributed by atoms with Gasteiger partial charge in [-0.1, -0.05) is 42.5 Å². The minimum Gasteiger partial charge on any atom is -0.478 e. The number of fused-ring (bicyclic) bond motifs is 1. The standard InChI is InChI=1S/C18H15NO2/c20-18(21)14-8-10-16(11-9-14)19-12-15-6-3-5-13-4-1-2-7-17(13)15/h1-11,19H,12H2,(H,20,21). The molecular formula is C18H15NO2. The number of hydrogen-bond donors (Lipinski definition) is 2. The summed E-state index contributed by atoms with van der Waals surface area (Å²) in [6, 6.07) is 21.3. The highest BCUT2D eigenvalue weighted by Crippen LogP contribution is 2.20. The van der Waals surface area contributed by atoms with Crippen molar-refractivity contribution in [2.75, 3.05) is 5.32 Å². The molecule has 0 aromatic heterocycles. The van der Waals surface area contributed by atoms with Crippen LogP contribution < -0.4 is 5.32 Å². The van der Waals surface area contributed by atoms with Gasteiger partial charge in [0.15, 0.2) is 0 Å². The zero-order valence-electron chi connectivity index (χ0n) is 11.4. The van der Waals surface area contributed by atoms with Crippen LogP contribution in [0.2, 0.25) is 0 Å². The lowest BCUT2D eigenvalue weighted by Crippen LogP contribution is -2.01. The van der Waals surface area contributed by atoms with Gasteiger partial charge in [0.25, 0.3) is 0 Å². The first kappa shape index (κ1) is 13.2. The highest BCUT2D eigenvalue weighted by molar-refractivity contribution is 5.88. The molecule has 0 heterocycles. The van der Waals surface area contributed by atoms with Crippen LogP contribution in [0.1, 0.15) is 15.9 Å². The monoisotopic (exact) mass is 277 g/mol. The summed E-state index contributed by atoms with van der Waals surface area (Å²) in [6.45, 7) is 0.702. The fourth-order valence-electron chi connectivity index (χ4n) is 2.37. The summed E-state index contributed by atoms with van der Waals surface area (Å²) < 4.78 is 0. The molecule has 0 fully saturated rings. The molecule has 0 spiro atoms. The second-order valence-corrected chi connectivity index (χ2v) is 4.87. The van der Waals surface area contributed by atoms with Crippen molar-refractivity contribution in [2.24, 2.45) is 0 Å². The van der Waals surface area contributed by atoms with Gasteiger partial charge < -0.3 is 10.4 Å². The molecule has 0 radical (unpaired) electrons. The van der Waals surface area contributed by atoms with Crippen LogP contribution in [-0.4, -0.2) is 11.1 Å². The number of hydrogen-bond acceptors (Lipinski definition) is 2. The quantitative estimate of drug-likeness (QED) is 0.753. The van der Waals surface area contributed by atoms with Crippen molar-refractivity contribution >= 4 is 22.4 Å². The molecule has 0 saturated carbocycles. The van der Waals surface area contributed by atoms with Crippen LogP contribution in [0, 0.1) is 0 Å².